The Morgan fingerprint density at radius 2 is 1.24 bits per heavy atom. The second-order valence-corrected chi connectivity index (χ2v) is 15.9. The van der Waals surface area contributed by atoms with Crippen LogP contribution in [0.2, 0.25) is 0 Å². The number of aryl methyl sites for hydroxylation is 1. The molecule has 0 bridgehead atoms. The number of fused-ring (bicyclic) bond motifs is 1. The van der Waals surface area contributed by atoms with Crippen molar-refractivity contribution >= 4 is 23.2 Å². The van der Waals surface area contributed by atoms with Crippen LogP contribution in [0.3, 0.4) is 0 Å². The van der Waals surface area contributed by atoms with Crippen LogP contribution in [0.25, 0.3) is 22.4 Å². The zero-order valence-electron chi connectivity index (χ0n) is 38.6. The summed E-state index contributed by atoms with van der Waals surface area (Å²) in [7, 11) is 11.5. The number of methoxy groups -OCH3 is 5. The van der Waals surface area contributed by atoms with Crippen LogP contribution in [-0.2, 0) is 39.8 Å². The van der Waals surface area contributed by atoms with Gasteiger partial charge in [0, 0.05) is 80.9 Å². The van der Waals surface area contributed by atoms with Gasteiger partial charge in [-0.15, -0.1) is 0 Å². The van der Waals surface area contributed by atoms with E-state index in [0.717, 1.165) is 67.4 Å². The molecule has 344 valence electrons. The van der Waals surface area contributed by atoms with Gasteiger partial charge >= 0.3 is 0 Å². The Balaban J connectivity index is 1.12. The number of benzene rings is 5. The van der Waals surface area contributed by atoms with E-state index in [1.165, 1.54) is 0 Å². The van der Waals surface area contributed by atoms with E-state index in [0.29, 0.717) is 60.5 Å². The molecule has 0 unspecified atom stereocenters. The number of rotatable bonds is 18. The van der Waals surface area contributed by atoms with Crippen molar-refractivity contribution < 1.29 is 38.0 Å². The highest BCUT2D eigenvalue weighted by Gasteiger charge is 2.28. The van der Waals surface area contributed by atoms with Gasteiger partial charge in [-0.25, -0.2) is 0 Å². The fraction of sp³-hybridized carbons (Fsp3) is 0.231. The number of anilines is 2. The Kier molecular flexibility index (Phi) is 13.9. The third-order valence-corrected chi connectivity index (χ3v) is 11.7. The van der Waals surface area contributed by atoms with Gasteiger partial charge in [0.05, 0.1) is 46.9 Å². The number of hydrogen-bond donors (Lipinski definition) is 3. The molecule has 1 aliphatic rings. The number of pyridine rings is 1. The van der Waals surface area contributed by atoms with Crippen LogP contribution in [0, 0.1) is 0 Å². The minimum Gasteiger partial charge on any atom is -0.497 e. The van der Waals surface area contributed by atoms with Crippen LogP contribution in [0.4, 0.5) is 11.4 Å². The molecule has 15 nitrogen and oxygen atoms in total. The average Bonchev–Trinajstić information content (AvgIpc) is 3.93. The van der Waals surface area contributed by atoms with Crippen molar-refractivity contribution in [3.8, 4) is 56.9 Å². The van der Waals surface area contributed by atoms with Crippen LogP contribution in [0.5, 0.6) is 34.5 Å². The average molecular weight is 904 g/mol. The summed E-state index contributed by atoms with van der Waals surface area (Å²) in [6.07, 6.45) is 1.66. The molecule has 0 aliphatic carbocycles. The van der Waals surface area contributed by atoms with E-state index in [-0.39, 0.29) is 18.2 Å². The lowest BCUT2D eigenvalue weighted by Crippen LogP contribution is -2.19. The lowest BCUT2D eigenvalue weighted by Gasteiger charge is -2.17. The second-order valence-electron chi connectivity index (χ2n) is 15.9. The van der Waals surface area contributed by atoms with Crippen molar-refractivity contribution in [2.75, 3.05) is 53.2 Å². The van der Waals surface area contributed by atoms with Gasteiger partial charge in [-0.3, -0.25) is 24.2 Å². The summed E-state index contributed by atoms with van der Waals surface area (Å²) in [5.41, 5.74) is 9.85. The SMILES string of the molecule is CNC(=O)c1ccc(-c2ccc(-c3nn(C)c(C(=O)Nc4cc5c(cc4NCc4ccc(OC)cc4OC)CN(Cc4ccc(OC)cc4OC)C5)c3OCc3ccc(OC)cc3)cc2)cn1. The van der Waals surface area contributed by atoms with Crippen molar-refractivity contribution in [1.82, 2.24) is 25.0 Å². The summed E-state index contributed by atoms with van der Waals surface area (Å²) in [6.45, 7) is 2.54. The van der Waals surface area contributed by atoms with Crippen LogP contribution in [0.1, 0.15) is 48.8 Å². The zero-order valence-corrected chi connectivity index (χ0v) is 38.6. The number of carbonyl (C=O) groups is 2. The first kappa shape index (κ1) is 45.5. The van der Waals surface area contributed by atoms with Crippen molar-refractivity contribution in [1.29, 1.82) is 0 Å². The number of amides is 2. The molecule has 0 atom stereocenters. The molecule has 0 spiro atoms. The largest absolute Gasteiger partial charge is 0.497 e. The smallest absolute Gasteiger partial charge is 0.277 e. The number of hydrogen-bond acceptors (Lipinski definition) is 12. The molecule has 2 amide bonds. The van der Waals surface area contributed by atoms with Crippen molar-refractivity contribution in [3.05, 3.63) is 155 Å². The van der Waals surface area contributed by atoms with E-state index in [9.17, 15) is 9.59 Å². The zero-order chi connectivity index (χ0) is 47.0. The summed E-state index contributed by atoms with van der Waals surface area (Å²) in [5, 5.41) is 14.3. The molecule has 0 radical (unpaired) electrons. The quantitative estimate of drug-likeness (QED) is 0.0755. The molecule has 0 saturated heterocycles. The second kappa shape index (κ2) is 20.4. The third-order valence-electron chi connectivity index (χ3n) is 11.7. The van der Waals surface area contributed by atoms with Gasteiger partial charge in [0.2, 0.25) is 0 Å². The monoisotopic (exact) mass is 903 g/mol. The minimum absolute atomic E-state index is 0.161. The number of nitrogens with one attached hydrogen (secondary N) is 3. The molecule has 15 heteroatoms. The van der Waals surface area contributed by atoms with Gasteiger partial charge < -0.3 is 44.4 Å². The van der Waals surface area contributed by atoms with Crippen LogP contribution in [0.15, 0.2) is 115 Å². The molecular weight excluding hydrogens is 851 g/mol. The van der Waals surface area contributed by atoms with E-state index in [1.807, 2.05) is 97.1 Å². The van der Waals surface area contributed by atoms with Crippen molar-refractivity contribution in [2.24, 2.45) is 7.05 Å². The minimum atomic E-state index is -0.410. The highest BCUT2D eigenvalue weighted by Crippen LogP contribution is 2.38. The third kappa shape index (κ3) is 10.1. The lowest BCUT2D eigenvalue weighted by molar-refractivity contribution is 0.0957. The van der Waals surface area contributed by atoms with E-state index in [4.69, 9.17) is 33.5 Å². The van der Waals surface area contributed by atoms with Crippen LogP contribution >= 0.6 is 0 Å². The molecule has 1 aliphatic heterocycles. The maximum absolute atomic E-state index is 14.9. The molecule has 5 aromatic carbocycles. The molecule has 8 rings (SSSR count). The lowest BCUT2D eigenvalue weighted by atomic mass is 10.0. The summed E-state index contributed by atoms with van der Waals surface area (Å²) in [4.78, 5) is 33.6. The number of aromatic nitrogens is 3. The summed E-state index contributed by atoms with van der Waals surface area (Å²) in [5.74, 6) is 3.20. The van der Waals surface area contributed by atoms with Crippen molar-refractivity contribution in [3.63, 3.8) is 0 Å². The Hall–Kier alpha value is -8.04. The first-order chi connectivity index (χ1) is 32.6. The highest BCUT2D eigenvalue weighted by atomic mass is 16.5. The molecule has 2 aromatic heterocycles. The molecule has 0 saturated carbocycles. The normalized spacial score (nSPS) is 11.9. The summed E-state index contributed by atoms with van der Waals surface area (Å²) >= 11 is 0. The molecule has 3 N–H and O–H groups in total. The highest BCUT2D eigenvalue weighted by molar-refractivity contribution is 6.08. The maximum atomic E-state index is 14.9. The molecule has 0 fully saturated rings. The Morgan fingerprint density at radius 3 is 1.85 bits per heavy atom. The number of nitrogens with zero attached hydrogens (tertiary/aromatic N) is 4. The van der Waals surface area contributed by atoms with Gasteiger partial charge in [-0.05, 0) is 70.8 Å². The molecule has 67 heavy (non-hydrogen) atoms. The van der Waals surface area contributed by atoms with Gasteiger partial charge in [-0.1, -0.05) is 48.5 Å². The Morgan fingerprint density at radius 1 is 0.642 bits per heavy atom. The van der Waals surface area contributed by atoms with Gasteiger partial charge in [0.15, 0.2) is 11.4 Å². The number of ether oxygens (including phenoxy) is 6. The van der Waals surface area contributed by atoms with E-state index >= 15 is 0 Å². The predicted octanol–water partition coefficient (Wildman–Crippen LogP) is 8.51. The van der Waals surface area contributed by atoms with E-state index in [2.05, 4.69) is 31.9 Å². The topological polar surface area (TPSA) is 160 Å². The van der Waals surface area contributed by atoms with Gasteiger partial charge in [0.1, 0.15) is 46.7 Å². The summed E-state index contributed by atoms with van der Waals surface area (Å²) < 4.78 is 35.8. The number of carbonyl (C=O) groups excluding carboxylic acids is 2. The predicted molar refractivity (Wildman–Crippen MR) is 256 cm³/mol. The van der Waals surface area contributed by atoms with Gasteiger partial charge in [-0.2, -0.15) is 5.10 Å². The first-order valence-corrected chi connectivity index (χ1v) is 21.6. The first-order valence-electron chi connectivity index (χ1n) is 21.6. The van der Waals surface area contributed by atoms with Crippen LogP contribution in [-0.4, -0.2) is 74.1 Å². The summed E-state index contributed by atoms with van der Waals surface area (Å²) in [6, 6.07) is 34.5. The fourth-order valence-electron chi connectivity index (χ4n) is 8.08. The van der Waals surface area contributed by atoms with Gasteiger partial charge in [0.25, 0.3) is 11.8 Å². The molecule has 7 aromatic rings. The van der Waals surface area contributed by atoms with Crippen LogP contribution < -0.4 is 44.4 Å². The fourth-order valence-corrected chi connectivity index (χ4v) is 8.08. The molecule has 3 heterocycles. The molecular formula is C52H53N7O8. The Bertz CT molecular complexity index is 2880. The standard InChI is InChI=1S/C52H53N7O8/c1-53-51(60)43-21-16-35(26-54-43)33-10-12-34(13-11-33)48-50(67-31-32-8-17-40(62-3)18-9-32)49(58(2)57-48)52(61)56-45-23-39-30-59(28-37-15-20-42(64-5)25-47(37)66-7)29-38(39)22-44(45)55-27-36-14-19-41(63-4)24-46(36)65-6/h8-26,55H,27-31H2,1-7H3,(H,53,60)(H,56,61). The van der Waals surface area contributed by atoms with E-state index in [1.54, 1.807) is 66.6 Å². The van der Waals surface area contributed by atoms with E-state index < -0.39 is 5.91 Å². The maximum Gasteiger partial charge on any atom is 0.277 e. The Labute approximate surface area is 389 Å². The van der Waals surface area contributed by atoms with Crippen molar-refractivity contribution in [2.45, 2.75) is 32.8 Å².